The highest BCUT2D eigenvalue weighted by molar-refractivity contribution is 7.14. The molecule has 6 heteroatoms. The molecule has 0 bridgehead atoms. The van der Waals surface area contributed by atoms with Crippen molar-refractivity contribution < 1.29 is 9.53 Å². The van der Waals surface area contributed by atoms with E-state index in [4.69, 9.17) is 4.74 Å². The van der Waals surface area contributed by atoms with Crippen LogP contribution in [0.3, 0.4) is 0 Å². The number of anilines is 1. The Morgan fingerprint density at radius 1 is 1.00 bits per heavy atom. The molecule has 2 heterocycles. The van der Waals surface area contributed by atoms with Gasteiger partial charge in [0.05, 0.1) is 5.69 Å². The van der Waals surface area contributed by atoms with Crippen molar-refractivity contribution in [3.05, 3.63) is 95.6 Å². The minimum absolute atomic E-state index is 0.209. The third-order valence-electron chi connectivity index (χ3n) is 4.08. The Balaban J connectivity index is 1.47. The fourth-order valence-corrected chi connectivity index (χ4v) is 3.40. The predicted molar refractivity (Wildman–Crippen MR) is 111 cm³/mol. The van der Waals surface area contributed by atoms with Crippen LogP contribution in [-0.2, 0) is 6.61 Å². The van der Waals surface area contributed by atoms with E-state index in [2.05, 4.69) is 15.3 Å². The number of nitrogens with zero attached hydrogens (tertiary/aromatic N) is 2. The third kappa shape index (κ3) is 4.24. The van der Waals surface area contributed by atoms with Crippen molar-refractivity contribution in [2.75, 3.05) is 5.32 Å². The molecule has 1 amide bonds. The number of ether oxygens (including phenoxy) is 1. The van der Waals surface area contributed by atoms with Gasteiger partial charge in [0.2, 0.25) is 0 Å². The van der Waals surface area contributed by atoms with Gasteiger partial charge in [-0.2, -0.15) is 0 Å². The molecule has 0 saturated carbocycles. The summed E-state index contributed by atoms with van der Waals surface area (Å²) < 4.78 is 5.80. The Labute approximate surface area is 166 Å². The Kier molecular flexibility index (Phi) is 5.40. The lowest BCUT2D eigenvalue weighted by Crippen LogP contribution is -2.15. The van der Waals surface area contributed by atoms with Crippen molar-refractivity contribution in [2.24, 2.45) is 0 Å². The monoisotopic (exact) mass is 387 g/mol. The second kappa shape index (κ2) is 8.45. The number of amides is 1. The molecule has 0 saturated heterocycles. The van der Waals surface area contributed by atoms with Crippen molar-refractivity contribution in [3.8, 4) is 17.0 Å². The summed E-state index contributed by atoms with van der Waals surface area (Å²) in [5.41, 5.74) is 3.08. The number of thiazole rings is 1. The highest BCUT2D eigenvalue weighted by atomic mass is 32.1. The van der Waals surface area contributed by atoms with Crippen LogP contribution in [0.15, 0.2) is 84.5 Å². The fraction of sp³-hybridized carbons (Fsp3) is 0.0455. The van der Waals surface area contributed by atoms with E-state index in [0.717, 1.165) is 22.6 Å². The lowest BCUT2D eigenvalue weighted by molar-refractivity contribution is 0.102. The van der Waals surface area contributed by atoms with E-state index in [1.807, 2.05) is 66.0 Å². The van der Waals surface area contributed by atoms with Crippen LogP contribution in [0.25, 0.3) is 11.3 Å². The number of hydrogen-bond acceptors (Lipinski definition) is 5. The van der Waals surface area contributed by atoms with Gasteiger partial charge < -0.3 is 4.74 Å². The zero-order valence-corrected chi connectivity index (χ0v) is 15.7. The minimum Gasteiger partial charge on any atom is -0.489 e. The summed E-state index contributed by atoms with van der Waals surface area (Å²) in [6.07, 6.45) is 3.46. The normalized spacial score (nSPS) is 10.4. The summed E-state index contributed by atoms with van der Waals surface area (Å²) >= 11 is 1.38. The van der Waals surface area contributed by atoms with Crippen LogP contribution in [-0.4, -0.2) is 15.9 Å². The molecule has 28 heavy (non-hydrogen) atoms. The van der Waals surface area contributed by atoms with Gasteiger partial charge in [0.1, 0.15) is 12.4 Å². The summed E-state index contributed by atoms with van der Waals surface area (Å²) in [5.74, 6) is 0.554. The molecule has 0 radical (unpaired) electrons. The number of carbonyl (C=O) groups excluding carboxylic acids is 1. The van der Waals surface area contributed by atoms with Gasteiger partial charge in [0.25, 0.3) is 5.91 Å². The number of pyridine rings is 1. The average molecular weight is 387 g/mol. The first-order chi connectivity index (χ1) is 13.8. The molecule has 1 N–H and O–H groups in total. The van der Waals surface area contributed by atoms with Gasteiger partial charge >= 0.3 is 0 Å². The number of nitrogens with one attached hydrogen (secondary N) is 1. The molecule has 2 aromatic carbocycles. The number of rotatable bonds is 6. The molecule has 0 atom stereocenters. The topological polar surface area (TPSA) is 64.1 Å². The smallest absolute Gasteiger partial charge is 0.257 e. The number of hydrogen-bond donors (Lipinski definition) is 1. The second-order valence-corrected chi connectivity index (χ2v) is 6.85. The van der Waals surface area contributed by atoms with E-state index < -0.39 is 0 Å². The number of para-hydroxylation sites is 1. The molecule has 0 aliphatic carbocycles. The summed E-state index contributed by atoms with van der Waals surface area (Å²) in [4.78, 5) is 21.4. The maximum absolute atomic E-state index is 12.8. The van der Waals surface area contributed by atoms with Crippen LogP contribution >= 0.6 is 11.3 Å². The Bertz CT molecular complexity index is 1070. The molecular weight excluding hydrogens is 370 g/mol. The summed E-state index contributed by atoms with van der Waals surface area (Å²) in [7, 11) is 0. The van der Waals surface area contributed by atoms with E-state index in [1.54, 1.807) is 18.5 Å². The van der Waals surface area contributed by atoms with Gasteiger partial charge in [-0.1, -0.05) is 36.4 Å². The molecule has 2 aromatic heterocycles. The fourth-order valence-electron chi connectivity index (χ4n) is 2.69. The molecule has 4 rings (SSSR count). The quantitative estimate of drug-likeness (QED) is 0.504. The van der Waals surface area contributed by atoms with Gasteiger partial charge in [-0.15, -0.1) is 11.3 Å². The van der Waals surface area contributed by atoms with Crippen molar-refractivity contribution in [1.29, 1.82) is 0 Å². The van der Waals surface area contributed by atoms with Crippen LogP contribution in [0.1, 0.15) is 15.9 Å². The van der Waals surface area contributed by atoms with Crippen LogP contribution < -0.4 is 10.1 Å². The first-order valence-electron chi connectivity index (χ1n) is 8.72. The van der Waals surface area contributed by atoms with E-state index in [9.17, 15) is 4.79 Å². The first kappa shape index (κ1) is 17.9. The zero-order valence-electron chi connectivity index (χ0n) is 14.9. The molecule has 5 nitrogen and oxygen atoms in total. The zero-order chi connectivity index (χ0) is 19.2. The SMILES string of the molecule is O=C(Nc1nc(-c2cccnc2)cs1)c1ccccc1COc1ccccc1. The standard InChI is InChI=1S/C22H17N3O2S/c26-21(25-22-24-20(15-28-22)16-8-6-12-23-13-16)19-11-5-4-7-17(19)14-27-18-9-2-1-3-10-18/h1-13,15H,14H2,(H,24,25,26). The third-order valence-corrected chi connectivity index (χ3v) is 4.84. The van der Waals surface area contributed by atoms with E-state index in [1.165, 1.54) is 11.3 Å². The van der Waals surface area contributed by atoms with Crippen molar-refractivity contribution in [1.82, 2.24) is 9.97 Å². The Morgan fingerprint density at radius 2 is 1.82 bits per heavy atom. The number of carbonyl (C=O) groups is 1. The maximum atomic E-state index is 12.8. The van der Waals surface area contributed by atoms with E-state index >= 15 is 0 Å². The van der Waals surface area contributed by atoms with Crippen LogP contribution in [0.4, 0.5) is 5.13 Å². The molecule has 0 spiro atoms. The van der Waals surface area contributed by atoms with E-state index in [-0.39, 0.29) is 5.91 Å². The first-order valence-corrected chi connectivity index (χ1v) is 9.60. The average Bonchev–Trinajstić information content (AvgIpc) is 3.22. The minimum atomic E-state index is -0.209. The Morgan fingerprint density at radius 3 is 2.64 bits per heavy atom. The molecule has 4 aromatic rings. The van der Waals surface area contributed by atoms with Crippen molar-refractivity contribution >= 4 is 22.4 Å². The van der Waals surface area contributed by atoms with Gasteiger partial charge in [-0.3, -0.25) is 15.1 Å². The molecule has 138 valence electrons. The van der Waals surface area contributed by atoms with Crippen LogP contribution in [0, 0.1) is 0 Å². The van der Waals surface area contributed by atoms with Crippen LogP contribution in [0.2, 0.25) is 0 Å². The van der Waals surface area contributed by atoms with Crippen molar-refractivity contribution in [3.63, 3.8) is 0 Å². The Hall–Kier alpha value is -3.51. The molecule has 0 aliphatic rings. The maximum Gasteiger partial charge on any atom is 0.257 e. The van der Waals surface area contributed by atoms with Gasteiger partial charge in [-0.25, -0.2) is 4.98 Å². The second-order valence-electron chi connectivity index (χ2n) is 5.99. The van der Waals surface area contributed by atoms with Gasteiger partial charge in [0.15, 0.2) is 5.13 Å². The molecule has 0 unspecified atom stereocenters. The van der Waals surface area contributed by atoms with Crippen LogP contribution in [0.5, 0.6) is 5.75 Å². The molecule has 0 fully saturated rings. The van der Waals surface area contributed by atoms with Crippen molar-refractivity contribution in [2.45, 2.75) is 6.61 Å². The molecular formula is C22H17N3O2S. The highest BCUT2D eigenvalue weighted by Crippen LogP contribution is 2.25. The number of benzene rings is 2. The largest absolute Gasteiger partial charge is 0.489 e. The summed E-state index contributed by atoms with van der Waals surface area (Å²) in [5, 5.41) is 5.32. The highest BCUT2D eigenvalue weighted by Gasteiger charge is 2.14. The predicted octanol–water partition coefficient (Wildman–Crippen LogP) is 5.04. The van der Waals surface area contributed by atoms with Gasteiger partial charge in [-0.05, 0) is 30.3 Å². The summed E-state index contributed by atoms with van der Waals surface area (Å²) in [6.45, 7) is 0.312. The van der Waals surface area contributed by atoms with E-state index in [0.29, 0.717) is 17.3 Å². The lowest BCUT2D eigenvalue weighted by Gasteiger charge is -2.10. The summed E-state index contributed by atoms with van der Waals surface area (Å²) in [6, 6.07) is 20.7. The van der Waals surface area contributed by atoms with Gasteiger partial charge in [0, 0.05) is 34.5 Å². The lowest BCUT2D eigenvalue weighted by atomic mass is 10.1. The molecule has 0 aliphatic heterocycles. The number of aromatic nitrogens is 2.